The molecule has 0 bridgehead atoms. The molecule has 2 aromatic carbocycles. The van der Waals surface area contributed by atoms with Crippen LogP contribution in [0.3, 0.4) is 0 Å². The number of ether oxygens (including phenoxy) is 1. The van der Waals surface area contributed by atoms with E-state index in [9.17, 15) is 4.79 Å². The summed E-state index contributed by atoms with van der Waals surface area (Å²) in [6.45, 7) is 4.86. The van der Waals surface area contributed by atoms with Crippen LogP contribution >= 0.6 is 0 Å². The average Bonchev–Trinajstić information content (AvgIpc) is 2.69. The highest BCUT2D eigenvalue weighted by molar-refractivity contribution is 5.89. The smallest absolute Gasteiger partial charge is 0.319 e. The molecule has 0 aliphatic carbocycles. The van der Waals surface area contributed by atoms with Gasteiger partial charge in [0.25, 0.3) is 0 Å². The van der Waals surface area contributed by atoms with E-state index in [0.29, 0.717) is 18.7 Å². The van der Waals surface area contributed by atoms with Gasteiger partial charge in [-0.2, -0.15) is 5.26 Å². The van der Waals surface area contributed by atoms with E-state index in [-0.39, 0.29) is 6.03 Å². The van der Waals surface area contributed by atoms with Gasteiger partial charge in [0.15, 0.2) is 0 Å². The van der Waals surface area contributed by atoms with Crippen molar-refractivity contribution >= 4 is 11.7 Å². The standard InChI is InChI=1S/C21H24N4O2/c22-9-8-17-4-6-20(7-5-17)24-21(26)23-15-18-2-1-3-19(14-18)16-25-10-12-27-13-11-25/h1-7,14H,8,10-13,15-16H2,(H2,23,24,26). The van der Waals surface area contributed by atoms with Gasteiger partial charge in [-0.05, 0) is 28.8 Å². The van der Waals surface area contributed by atoms with Crippen molar-refractivity contribution in [3.05, 3.63) is 65.2 Å². The van der Waals surface area contributed by atoms with Gasteiger partial charge < -0.3 is 15.4 Å². The molecule has 0 spiro atoms. The highest BCUT2D eigenvalue weighted by Crippen LogP contribution is 2.11. The number of nitriles is 1. The number of urea groups is 1. The first kappa shape index (κ1) is 18.9. The van der Waals surface area contributed by atoms with E-state index in [2.05, 4.69) is 33.7 Å². The van der Waals surface area contributed by atoms with E-state index in [1.165, 1.54) is 5.56 Å². The van der Waals surface area contributed by atoms with Crippen molar-refractivity contribution in [2.24, 2.45) is 0 Å². The third-order valence-electron chi connectivity index (χ3n) is 4.45. The SMILES string of the molecule is N#CCc1ccc(NC(=O)NCc2cccc(CN3CCOCC3)c2)cc1. The maximum Gasteiger partial charge on any atom is 0.319 e. The molecule has 0 unspecified atom stereocenters. The fourth-order valence-corrected chi connectivity index (χ4v) is 3.01. The molecule has 6 heteroatoms. The Morgan fingerprint density at radius 3 is 2.56 bits per heavy atom. The second kappa shape index (κ2) is 9.72. The summed E-state index contributed by atoms with van der Waals surface area (Å²) in [5.74, 6) is 0. The third kappa shape index (κ3) is 6.10. The number of hydrogen-bond acceptors (Lipinski definition) is 4. The van der Waals surface area contributed by atoms with Crippen molar-refractivity contribution in [2.45, 2.75) is 19.5 Å². The molecule has 0 atom stereocenters. The van der Waals surface area contributed by atoms with E-state index < -0.39 is 0 Å². The molecule has 1 saturated heterocycles. The topological polar surface area (TPSA) is 77.4 Å². The van der Waals surface area contributed by atoms with E-state index >= 15 is 0 Å². The molecule has 2 N–H and O–H groups in total. The van der Waals surface area contributed by atoms with Crippen molar-refractivity contribution in [2.75, 3.05) is 31.6 Å². The molecule has 140 valence electrons. The molecule has 3 rings (SSSR count). The Balaban J connectivity index is 1.48. The minimum absolute atomic E-state index is 0.249. The van der Waals surface area contributed by atoms with Crippen LogP contribution in [0.25, 0.3) is 0 Å². The average molecular weight is 364 g/mol. The van der Waals surface area contributed by atoms with Crippen LogP contribution in [0.4, 0.5) is 10.5 Å². The highest BCUT2D eigenvalue weighted by Gasteiger charge is 2.11. The van der Waals surface area contributed by atoms with Crippen LogP contribution in [0.15, 0.2) is 48.5 Å². The molecule has 2 amide bonds. The second-order valence-corrected chi connectivity index (χ2v) is 6.55. The Bertz CT molecular complexity index is 793. The summed E-state index contributed by atoms with van der Waals surface area (Å²) in [5, 5.41) is 14.4. The van der Waals surface area contributed by atoms with Crippen LogP contribution in [0.2, 0.25) is 0 Å². The summed E-state index contributed by atoms with van der Waals surface area (Å²) >= 11 is 0. The lowest BCUT2D eigenvalue weighted by Crippen LogP contribution is -2.35. The van der Waals surface area contributed by atoms with Crippen molar-refractivity contribution < 1.29 is 9.53 Å². The number of carbonyl (C=O) groups excluding carboxylic acids is 1. The lowest BCUT2D eigenvalue weighted by molar-refractivity contribution is 0.0342. The van der Waals surface area contributed by atoms with E-state index in [1.54, 1.807) is 12.1 Å². The number of amides is 2. The zero-order chi connectivity index (χ0) is 18.9. The molecule has 27 heavy (non-hydrogen) atoms. The lowest BCUT2D eigenvalue weighted by atomic mass is 10.1. The molecule has 6 nitrogen and oxygen atoms in total. The highest BCUT2D eigenvalue weighted by atomic mass is 16.5. The summed E-state index contributed by atoms with van der Waals surface area (Å²) < 4.78 is 5.38. The monoisotopic (exact) mass is 364 g/mol. The zero-order valence-corrected chi connectivity index (χ0v) is 15.3. The molecule has 0 aromatic heterocycles. The maximum atomic E-state index is 12.1. The van der Waals surface area contributed by atoms with Crippen molar-refractivity contribution in [1.82, 2.24) is 10.2 Å². The van der Waals surface area contributed by atoms with Crippen LogP contribution in [0.1, 0.15) is 16.7 Å². The van der Waals surface area contributed by atoms with Gasteiger partial charge in [-0.25, -0.2) is 4.79 Å². The first-order valence-corrected chi connectivity index (χ1v) is 9.11. The minimum atomic E-state index is -0.249. The Morgan fingerprint density at radius 2 is 1.81 bits per heavy atom. The quantitative estimate of drug-likeness (QED) is 0.826. The molecule has 2 aromatic rings. The summed E-state index contributed by atoms with van der Waals surface area (Å²) in [6, 6.07) is 17.4. The van der Waals surface area contributed by atoms with Gasteiger partial charge >= 0.3 is 6.03 Å². The van der Waals surface area contributed by atoms with Crippen LogP contribution in [-0.4, -0.2) is 37.2 Å². The summed E-state index contributed by atoms with van der Waals surface area (Å²) in [4.78, 5) is 14.5. The molecule has 1 aliphatic heterocycles. The predicted molar refractivity (Wildman–Crippen MR) is 104 cm³/mol. The van der Waals surface area contributed by atoms with Gasteiger partial charge in [0.05, 0.1) is 25.7 Å². The predicted octanol–water partition coefficient (Wildman–Crippen LogP) is 2.91. The number of anilines is 1. The number of hydrogen-bond donors (Lipinski definition) is 2. The van der Waals surface area contributed by atoms with Gasteiger partial charge in [0.2, 0.25) is 0 Å². The van der Waals surface area contributed by atoms with Gasteiger partial charge in [-0.1, -0.05) is 36.4 Å². The zero-order valence-electron chi connectivity index (χ0n) is 15.3. The maximum absolute atomic E-state index is 12.1. The largest absolute Gasteiger partial charge is 0.379 e. The Morgan fingerprint density at radius 1 is 1.07 bits per heavy atom. The van der Waals surface area contributed by atoms with Gasteiger partial charge in [0.1, 0.15) is 0 Å². The Kier molecular flexibility index (Phi) is 6.80. The number of rotatable bonds is 6. The molecule has 1 aliphatic rings. The summed E-state index contributed by atoms with van der Waals surface area (Å²) in [7, 11) is 0. The number of carbonyl (C=O) groups is 1. The number of nitrogens with one attached hydrogen (secondary N) is 2. The minimum Gasteiger partial charge on any atom is -0.379 e. The molecule has 1 fully saturated rings. The second-order valence-electron chi connectivity index (χ2n) is 6.55. The van der Waals surface area contributed by atoms with Crippen LogP contribution in [0.5, 0.6) is 0 Å². The van der Waals surface area contributed by atoms with Crippen LogP contribution in [-0.2, 0) is 24.2 Å². The fourth-order valence-electron chi connectivity index (χ4n) is 3.01. The first-order chi connectivity index (χ1) is 13.2. The first-order valence-electron chi connectivity index (χ1n) is 9.11. The molecular weight excluding hydrogens is 340 g/mol. The van der Waals surface area contributed by atoms with Gasteiger partial charge in [-0.15, -0.1) is 0 Å². The Hall–Kier alpha value is -2.88. The van der Waals surface area contributed by atoms with Crippen LogP contribution < -0.4 is 10.6 Å². The molecule has 0 radical (unpaired) electrons. The van der Waals surface area contributed by atoms with Crippen molar-refractivity contribution in [1.29, 1.82) is 5.26 Å². The third-order valence-corrected chi connectivity index (χ3v) is 4.45. The molecular formula is C21H24N4O2. The number of morpholine rings is 1. The van der Waals surface area contributed by atoms with Gasteiger partial charge in [0, 0.05) is 31.9 Å². The summed E-state index contributed by atoms with van der Waals surface area (Å²) in [6.07, 6.45) is 0.368. The van der Waals surface area contributed by atoms with E-state index in [0.717, 1.165) is 44.0 Å². The van der Waals surface area contributed by atoms with Crippen molar-refractivity contribution in [3.63, 3.8) is 0 Å². The number of benzene rings is 2. The lowest BCUT2D eigenvalue weighted by Gasteiger charge is -2.26. The fraction of sp³-hybridized carbons (Fsp3) is 0.333. The van der Waals surface area contributed by atoms with E-state index in [1.807, 2.05) is 24.3 Å². The number of nitrogens with zero attached hydrogens (tertiary/aromatic N) is 2. The Labute approximate surface area is 159 Å². The van der Waals surface area contributed by atoms with Gasteiger partial charge in [-0.3, -0.25) is 4.90 Å². The molecule has 0 saturated carbocycles. The van der Waals surface area contributed by atoms with Crippen molar-refractivity contribution in [3.8, 4) is 6.07 Å². The van der Waals surface area contributed by atoms with Crippen LogP contribution in [0, 0.1) is 11.3 Å². The van der Waals surface area contributed by atoms with E-state index in [4.69, 9.17) is 10.00 Å². The normalized spacial score (nSPS) is 14.3. The summed E-state index contributed by atoms with van der Waals surface area (Å²) in [5.41, 5.74) is 3.95. The molecule has 1 heterocycles.